The average Bonchev–Trinajstić information content (AvgIpc) is 2.77. The van der Waals surface area contributed by atoms with E-state index < -0.39 is 0 Å². The number of anilines is 1. The van der Waals surface area contributed by atoms with E-state index in [0.29, 0.717) is 5.78 Å². The summed E-state index contributed by atoms with van der Waals surface area (Å²) in [6, 6.07) is 2.05. The summed E-state index contributed by atoms with van der Waals surface area (Å²) in [7, 11) is 0. The van der Waals surface area contributed by atoms with E-state index in [-0.39, 0.29) is 0 Å². The first-order valence-corrected chi connectivity index (χ1v) is 6.86. The predicted molar refractivity (Wildman–Crippen MR) is 71.8 cm³/mol. The van der Waals surface area contributed by atoms with Gasteiger partial charge >= 0.3 is 0 Å². The Morgan fingerprint density at radius 2 is 2.29 bits per heavy atom. The molecule has 2 aromatic heterocycles. The average molecular weight is 298 g/mol. The fourth-order valence-corrected chi connectivity index (χ4v) is 2.07. The fraction of sp³-hybridized carbons (Fsp3) is 0.545. The minimum absolute atomic E-state index is 0.664. The van der Waals surface area contributed by atoms with Gasteiger partial charge < -0.3 is 4.90 Å². The van der Waals surface area contributed by atoms with E-state index in [4.69, 9.17) is 0 Å². The summed E-state index contributed by atoms with van der Waals surface area (Å²) in [5.74, 6) is 1.73. The van der Waals surface area contributed by atoms with Gasteiger partial charge in [0, 0.05) is 30.2 Å². The van der Waals surface area contributed by atoms with E-state index in [1.165, 1.54) is 0 Å². The zero-order valence-corrected chi connectivity index (χ0v) is 11.7. The van der Waals surface area contributed by atoms with E-state index in [1.54, 1.807) is 10.8 Å². The molecule has 0 unspecified atom stereocenters. The Labute approximate surface area is 109 Å². The van der Waals surface area contributed by atoms with Gasteiger partial charge in [0.25, 0.3) is 5.78 Å². The van der Waals surface area contributed by atoms with Crippen molar-refractivity contribution >= 4 is 27.5 Å². The highest BCUT2D eigenvalue weighted by atomic mass is 79.9. The third-order valence-corrected chi connectivity index (χ3v) is 3.19. The molecule has 2 rings (SSSR count). The van der Waals surface area contributed by atoms with Crippen molar-refractivity contribution in [1.29, 1.82) is 0 Å². The first-order chi connectivity index (χ1) is 8.26. The molecule has 0 aromatic carbocycles. The van der Waals surface area contributed by atoms with Crippen LogP contribution in [0.4, 0.5) is 5.82 Å². The normalized spacial score (nSPS) is 11.0. The zero-order valence-electron chi connectivity index (χ0n) is 10.1. The van der Waals surface area contributed by atoms with Crippen LogP contribution in [0.25, 0.3) is 5.78 Å². The monoisotopic (exact) mass is 297 g/mol. The number of aryl methyl sites for hydroxylation is 1. The predicted octanol–water partition coefficient (Wildman–Crippen LogP) is 2.04. The summed E-state index contributed by atoms with van der Waals surface area (Å²) < 4.78 is 1.80. The minimum atomic E-state index is 0.664. The molecule has 17 heavy (non-hydrogen) atoms. The van der Waals surface area contributed by atoms with Gasteiger partial charge in [-0.1, -0.05) is 15.9 Å². The molecule has 0 amide bonds. The van der Waals surface area contributed by atoms with Gasteiger partial charge in [0.1, 0.15) is 12.1 Å². The number of hydrogen-bond acceptors (Lipinski definition) is 4. The van der Waals surface area contributed by atoms with Gasteiger partial charge in [0.2, 0.25) is 0 Å². The van der Waals surface area contributed by atoms with E-state index >= 15 is 0 Å². The molecule has 0 saturated carbocycles. The number of nitrogens with zero attached hydrogens (tertiary/aromatic N) is 5. The Morgan fingerprint density at radius 3 is 3.00 bits per heavy atom. The Balaban J connectivity index is 2.40. The summed E-state index contributed by atoms with van der Waals surface area (Å²) in [6.45, 7) is 6.08. The number of hydrogen-bond donors (Lipinski definition) is 0. The van der Waals surface area contributed by atoms with Gasteiger partial charge in [0.15, 0.2) is 0 Å². The highest BCUT2D eigenvalue weighted by molar-refractivity contribution is 9.09. The topological polar surface area (TPSA) is 46.3 Å². The van der Waals surface area contributed by atoms with Crippen LogP contribution >= 0.6 is 15.9 Å². The van der Waals surface area contributed by atoms with Crippen LogP contribution in [-0.2, 0) is 0 Å². The smallest absolute Gasteiger partial charge is 0.254 e. The summed E-state index contributed by atoms with van der Waals surface area (Å²) in [5, 5.41) is 5.23. The zero-order chi connectivity index (χ0) is 12.3. The van der Waals surface area contributed by atoms with E-state index in [9.17, 15) is 0 Å². The quantitative estimate of drug-likeness (QED) is 0.793. The second kappa shape index (κ2) is 5.44. The molecule has 0 aliphatic heterocycles. The number of alkyl halides is 1. The molecule has 0 spiro atoms. The van der Waals surface area contributed by atoms with Crippen LogP contribution in [0.1, 0.15) is 19.0 Å². The number of fused-ring (bicyclic) bond motifs is 1. The summed E-state index contributed by atoms with van der Waals surface area (Å²) >= 11 is 3.46. The molecule has 92 valence electrons. The van der Waals surface area contributed by atoms with Crippen molar-refractivity contribution in [3.8, 4) is 0 Å². The van der Waals surface area contributed by atoms with Gasteiger partial charge in [0.05, 0.1) is 0 Å². The molecule has 0 bridgehead atoms. The van der Waals surface area contributed by atoms with Crippen molar-refractivity contribution in [2.45, 2.75) is 20.3 Å². The lowest BCUT2D eigenvalue weighted by molar-refractivity contribution is 0.755. The van der Waals surface area contributed by atoms with Crippen molar-refractivity contribution < 1.29 is 0 Å². The minimum Gasteiger partial charge on any atom is -0.357 e. The Hall–Kier alpha value is -1.17. The third-order valence-electron chi connectivity index (χ3n) is 2.63. The first-order valence-electron chi connectivity index (χ1n) is 5.74. The molecule has 0 aliphatic carbocycles. The number of halogens is 1. The molecule has 2 heterocycles. The lowest BCUT2D eigenvalue weighted by atomic mass is 10.3. The summed E-state index contributed by atoms with van der Waals surface area (Å²) in [4.78, 5) is 10.8. The van der Waals surface area contributed by atoms with Gasteiger partial charge in [-0.05, 0) is 20.3 Å². The number of aromatic nitrogens is 4. The Morgan fingerprint density at radius 1 is 1.47 bits per heavy atom. The van der Waals surface area contributed by atoms with Crippen molar-refractivity contribution in [3.05, 3.63) is 18.1 Å². The van der Waals surface area contributed by atoms with Crippen LogP contribution < -0.4 is 4.90 Å². The standard InChI is InChI=1S/C11H16BrN5/c1-3-16(6-4-5-12)10-7-9(2)15-11-13-8-14-17(10)11/h7-8H,3-6H2,1-2H3. The highest BCUT2D eigenvalue weighted by Gasteiger charge is 2.11. The third kappa shape index (κ3) is 2.57. The SMILES string of the molecule is CCN(CCCBr)c1cc(C)nc2ncnn12. The fourth-order valence-electron chi connectivity index (χ4n) is 1.82. The Bertz CT molecular complexity index is 496. The highest BCUT2D eigenvalue weighted by Crippen LogP contribution is 2.16. The van der Waals surface area contributed by atoms with E-state index in [1.807, 2.05) is 6.92 Å². The molecular formula is C11H16BrN5. The molecule has 0 fully saturated rings. The largest absolute Gasteiger partial charge is 0.357 e. The lowest BCUT2D eigenvalue weighted by Crippen LogP contribution is -2.27. The summed E-state index contributed by atoms with van der Waals surface area (Å²) in [5.41, 5.74) is 0.970. The Kier molecular flexibility index (Phi) is 3.93. The van der Waals surface area contributed by atoms with Gasteiger partial charge in [-0.2, -0.15) is 14.6 Å². The molecule has 0 saturated heterocycles. The van der Waals surface area contributed by atoms with Crippen LogP contribution in [-0.4, -0.2) is 38.0 Å². The second-order valence-electron chi connectivity index (χ2n) is 3.85. The molecule has 2 aromatic rings. The van der Waals surface area contributed by atoms with E-state index in [2.05, 4.69) is 48.9 Å². The summed E-state index contributed by atoms with van der Waals surface area (Å²) in [6.07, 6.45) is 2.65. The lowest BCUT2D eigenvalue weighted by Gasteiger charge is -2.23. The molecule has 5 nitrogen and oxygen atoms in total. The van der Waals surface area contributed by atoms with E-state index in [0.717, 1.165) is 36.4 Å². The molecule has 0 N–H and O–H groups in total. The molecular weight excluding hydrogens is 282 g/mol. The molecule has 0 atom stereocenters. The number of rotatable bonds is 5. The maximum absolute atomic E-state index is 4.35. The van der Waals surface area contributed by atoms with Crippen molar-refractivity contribution in [1.82, 2.24) is 19.6 Å². The van der Waals surface area contributed by atoms with Crippen molar-refractivity contribution in [3.63, 3.8) is 0 Å². The van der Waals surface area contributed by atoms with Crippen LogP contribution in [0.5, 0.6) is 0 Å². The first kappa shape index (κ1) is 12.3. The molecule has 0 radical (unpaired) electrons. The maximum atomic E-state index is 4.35. The van der Waals surface area contributed by atoms with Crippen LogP contribution in [0.15, 0.2) is 12.4 Å². The van der Waals surface area contributed by atoms with Crippen molar-refractivity contribution in [2.75, 3.05) is 23.3 Å². The molecule has 0 aliphatic rings. The van der Waals surface area contributed by atoms with Gasteiger partial charge in [-0.3, -0.25) is 0 Å². The van der Waals surface area contributed by atoms with Gasteiger partial charge in [-0.15, -0.1) is 0 Å². The van der Waals surface area contributed by atoms with Crippen LogP contribution in [0, 0.1) is 6.92 Å². The second-order valence-corrected chi connectivity index (χ2v) is 4.64. The van der Waals surface area contributed by atoms with Crippen molar-refractivity contribution in [2.24, 2.45) is 0 Å². The molecule has 6 heteroatoms. The van der Waals surface area contributed by atoms with Crippen LogP contribution in [0.3, 0.4) is 0 Å². The van der Waals surface area contributed by atoms with Gasteiger partial charge in [-0.25, -0.2) is 4.98 Å². The maximum Gasteiger partial charge on any atom is 0.254 e. The van der Waals surface area contributed by atoms with Crippen LogP contribution in [0.2, 0.25) is 0 Å².